The van der Waals surface area contributed by atoms with E-state index >= 15 is 0 Å². The minimum absolute atomic E-state index is 0.232. The van der Waals surface area contributed by atoms with Crippen molar-refractivity contribution < 1.29 is 55.6 Å². The number of fused-ring (bicyclic) bond motifs is 2. The first-order chi connectivity index (χ1) is 26.5. The fraction of sp³-hybridized carbons (Fsp3) is 0.300. The number of halogens is 6. The van der Waals surface area contributed by atoms with Crippen LogP contribution in [0.2, 0.25) is 0 Å². The van der Waals surface area contributed by atoms with Crippen LogP contribution in [0.1, 0.15) is 33.4 Å². The van der Waals surface area contributed by atoms with Gasteiger partial charge in [-0.2, -0.15) is 26.3 Å². The Hall–Kier alpha value is -4.64. The summed E-state index contributed by atoms with van der Waals surface area (Å²) in [5.74, 6) is -3.37. The molecule has 0 bridgehead atoms. The van der Waals surface area contributed by atoms with E-state index in [0.717, 1.165) is 82.2 Å². The fourth-order valence-corrected chi connectivity index (χ4v) is 8.56. The maximum Gasteiger partial charge on any atom is 0.416 e. The zero-order valence-corrected chi connectivity index (χ0v) is 31.7. The smallest absolute Gasteiger partial charge is 0.416 e. The maximum absolute atomic E-state index is 13.2. The molecule has 0 radical (unpaired) electrons. The Balaban J connectivity index is 1.26. The molecule has 0 aliphatic carbocycles. The third-order valence-corrected chi connectivity index (χ3v) is 11.7. The number of esters is 2. The molecule has 0 aromatic heterocycles. The number of hydrogen-bond donors (Lipinski definition) is 2. The molecule has 4 aromatic carbocycles. The zero-order valence-electron chi connectivity index (χ0n) is 30.1. The molecule has 4 aromatic rings. The monoisotopic (exact) mass is 818 g/mol. The summed E-state index contributed by atoms with van der Waals surface area (Å²) >= 11 is 2.06. The molecule has 8 nitrogen and oxygen atoms in total. The van der Waals surface area contributed by atoms with Crippen molar-refractivity contribution in [3.8, 4) is 23.0 Å². The van der Waals surface area contributed by atoms with Crippen molar-refractivity contribution in [2.45, 2.75) is 57.6 Å². The van der Waals surface area contributed by atoms with Crippen LogP contribution in [-0.2, 0) is 47.6 Å². The Labute approximate surface area is 327 Å². The molecule has 0 unspecified atom stereocenters. The topological polar surface area (TPSA) is 99.5 Å². The summed E-state index contributed by atoms with van der Waals surface area (Å²) in [6.45, 7) is 2.62. The van der Waals surface area contributed by atoms with Gasteiger partial charge in [0.05, 0.1) is 20.9 Å². The number of phenols is 2. The number of carbonyl (C=O) groups excluding carboxylic acids is 2. The van der Waals surface area contributed by atoms with Gasteiger partial charge in [-0.25, -0.2) is 9.59 Å². The molecule has 0 saturated carbocycles. The van der Waals surface area contributed by atoms with Crippen LogP contribution in [0.25, 0.3) is 0 Å². The summed E-state index contributed by atoms with van der Waals surface area (Å²) in [4.78, 5) is 32.0. The summed E-state index contributed by atoms with van der Waals surface area (Å²) < 4.78 is 90.6. The van der Waals surface area contributed by atoms with Crippen molar-refractivity contribution in [1.29, 1.82) is 0 Å². The highest BCUT2D eigenvalue weighted by molar-refractivity contribution is 7.99. The predicted octanol–water partition coefficient (Wildman–Crippen LogP) is 8.57. The van der Waals surface area contributed by atoms with E-state index in [-0.39, 0.29) is 23.0 Å². The van der Waals surface area contributed by atoms with Gasteiger partial charge in [0.2, 0.25) is 0 Å². The van der Waals surface area contributed by atoms with E-state index in [1.54, 1.807) is 0 Å². The first kappa shape index (κ1) is 41.0. The number of alkyl halides is 6. The molecule has 6 rings (SSSR count). The Morgan fingerprint density at radius 2 is 0.946 bits per heavy atom. The summed E-state index contributed by atoms with van der Waals surface area (Å²) in [6.07, 6.45) is -5.42. The molecule has 2 aliphatic rings. The highest BCUT2D eigenvalue weighted by Crippen LogP contribution is 2.48. The van der Waals surface area contributed by atoms with E-state index < -0.39 is 35.4 Å². The van der Waals surface area contributed by atoms with Crippen molar-refractivity contribution in [1.82, 2.24) is 9.80 Å². The molecule has 0 amide bonds. The van der Waals surface area contributed by atoms with Gasteiger partial charge in [-0.05, 0) is 123 Å². The third kappa shape index (κ3) is 9.83. The molecule has 16 heteroatoms. The molecule has 0 atom stereocenters. The summed E-state index contributed by atoms with van der Waals surface area (Å²) in [5, 5.41) is 22.1. The van der Waals surface area contributed by atoms with E-state index in [4.69, 9.17) is 9.47 Å². The number of nitrogens with zero attached hydrogens (tertiary/aromatic N) is 2. The van der Waals surface area contributed by atoms with Crippen LogP contribution in [0.4, 0.5) is 26.3 Å². The normalized spacial score (nSPS) is 15.5. The standard InChI is InChI=1S/C40H36F6N2O6S2/c1-47-17-13-23-21-31(49)35(37(29(23)15-19-47)55-27-7-3-25(4-8-27)39(41,42)43)53-33(51)11-12-34(52)54-36-32(50)22-24-14-18-48(2)20-16-30(24)38(36)56-28-9-5-26(6-10-28)40(44,45)46/h3-12,21-22,49-50H,13-20H2,1-2H3/b12-11+. The molecule has 2 aliphatic heterocycles. The van der Waals surface area contributed by atoms with Gasteiger partial charge >= 0.3 is 24.3 Å². The number of likely N-dealkylation sites (N-methyl/N-ethyl adjacent to an activating group) is 2. The van der Waals surface area contributed by atoms with Crippen molar-refractivity contribution >= 4 is 35.5 Å². The number of ether oxygens (including phenoxy) is 2. The quantitative estimate of drug-likeness (QED) is 0.0779. The first-order valence-corrected chi connectivity index (χ1v) is 19.0. The SMILES string of the molecule is CN1CCc2cc(O)c(OC(=O)/C=C/C(=O)Oc3c(O)cc4c(c3Sc3ccc(C(F)(F)F)cc3)CCN(C)CC4)c(Sc3ccc(C(F)(F)F)cc3)c2CC1. The van der Waals surface area contributed by atoms with Gasteiger partial charge in [-0.1, -0.05) is 23.5 Å². The Morgan fingerprint density at radius 3 is 1.29 bits per heavy atom. The Bertz CT molecular complexity index is 1990. The summed E-state index contributed by atoms with van der Waals surface area (Å²) in [5.41, 5.74) is 1.42. The molecule has 2 N–H and O–H groups in total. The molecule has 0 fully saturated rings. The van der Waals surface area contributed by atoms with Gasteiger partial charge < -0.3 is 29.5 Å². The second-order valence-electron chi connectivity index (χ2n) is 13.4. The molecular weight excluding hydrogens is 783 g/mol. The Kier molecular flexibility index (Phi) is 12.3. The number of hydrogen-bond acceptors (Lipinski definition) is 10. The number of carbonyl (C=O) groups is 2. The minimum Gasteiger partial charge on any atom is -0.504 e. The van der Waals surface area contributed by atoms with Crippen molar-refractivity contribution in [3.63, 3.8) is 0 Å². The molecule has 2 heterocycles. The third-order valence-electron chi connectivity index (χ3n) is 9.40. The number of benzene rings is 4. The van der Waals surface area contributed by atoms with Crippen LogP contribution in [0.15, 0.2) is 92.4 Å². The van der Waals surface area contributed by atoms with Gasteiger partial charge in [0.15, 0.2) is 23.0 Å². The highest BCUT2D eigenvalue weighted by atomic mass is 32.2. The zero-order chi connectivity index (χ0) is 40.4. The molecule has 0 saturated heterocycles. The first-order valence-electron chi connectivity index (χ1n) is 17.4. The van der Waals surface area contributed by atoms with Crippen LogP contribution >= 0.6 is 23.5 Å². The molecular formula is C40H36F6N2O6S2. The van der Waals surface area contributed by atoms with E-state index in [1.165, 1.54) is 36.4 Å². The predicted molar refractivity (Wildman–Crippen MR) is 198 cm³/mol. The highest BCUT2D eigenvalue weighted by Gasteiger charge is 2.32. The molecule has 56 heavy (non-hydrogen) atoms. The van der Waals surface area contributed by atoms with Crippen molar-refractivity contribution in [2.24, 2.45) is 0 Å². The van der Waals surface area contributed by atoms with Crippen LogP contribution in [0, 0.1) is 0 Å². The minimum atomic E-state index is -4.54. The average Bonchev–Trinajstić information content (AvgIpc) is 3.44. The lowest BCUT2D eigenvalue weighted by Crippen LogP contribution is -2.20. The maximum atomic E-state index is 13.2. The summed E-state index contributed by atoms with van der Waals surface area (Å²) in [7, 11) is 3.86. The summed E-state index contributed by atoms with van der Waals surface area (Å²) in [6, 6.07) is 11.9. The number of aromatic hydroxyl groups is 2. The van der Waals surface area contributed by atoms with Crippen LogP contribution in [0.5, 0.6) is 23.0 Å². The van der Waals surface area contributed by atoms with Crippen molar-refractivity contribution in [3.05, 3.63) is 106 Å². The van der Waals surface area contributed by atoms with Gasteiger partial charge in [0.25, 0.3) is 0 Å². The van der Waals surface area contributed by atoms with Crippen LogP contribution in [0.3, 0.4) is 0 Å². The van der Waals surface area contributed by atoms with E-state index in [9.17, 15) is 46.1 Å². The van der Waals surface area contributed by atoms with E-state index in [1.807, 2.05) is 14.1 Å². The Morgan fingerprint density at radius 1 is 0.607 bits per heavy atom. The second kappa shape index (κ2) is 16.8. The lowest BCUT2D eigenvalue weighted by atomic mass is 10.0. The van der Waals surface area contributed by atoms with Crippen LogP contribution < -0.4 is 9.47 Å². The molecule has 0 spiro atoms. The van der Waals surface area contributed by atoms with E-state index in [2.05, 4.69) is 9.80 Å². The number of rotatable bonds is 8. The van der Waals surface area contributed by atoms with Crippen molar-refractivity contribution in [2.75, 3.05) is 40.3 Å². The largest absolute Gasteiger partial charge is 0.504 e. The van der Waals surface area contributed by atoms with Gasteiger partial charge in [-0.15, -0.1) is 0 Å². The number of phenolic OH excluding ortho intramolecular Hbond substituents is 2. The van der Waals surface area contributed by atoms with Gasteiger partial charge in [0.1, 0.15) is 0 Å². The van der Waals surface area contributed by atoms with Crippen LogP contribution in [-0.4, -0.2) is 72.2 Å². The second-order valence-corrected chi connectivity index (χ2v) is 15.6. The molecule has 296 valence electrons. The average molecular weight is 819 g/mol. The van der Waals surface area contributed by atoms with Gasteiger partial charge in [-0.3, -0.25) is 0 Å². The fourth-order valence-electron chi connectivity index (χ4n) is 6.36. The van der Waals surface area contributed by atoms with E-state index in [0.29, 0.717) is 71.4 Å². The lowest BCUT2D eigenvalue weighted by Gasteiger charge is -2.18. The lowest BCUT2D eigenvalue weighted by molar-refractivity contribution is -0.138. The van der Waals surface area contributed by atoms with Gasteiger partial charge in [0, 0.05) is 48.1 Å².